The lowest BCUT2D eigenvalue weighted by Crippen LogP contribution is -2.07. The number of alkyl halides is 3. The first-order chi connectivity index (χ1) is 17.8. The lowest BCUT2D eigenvalue weighted by Gasteiger charge is -2.11. The number of anilines is 1. The molecule has 0 atom stereocenters. The van der Waals surface area contributed by atoms with Crippen LogP contribution in [-0.4, -0.2) is 30.3 Å². The molecule has 37 heavy (non-hydrogen) atoms. The van der Waals surface area contributed by atoms with Gasteiger partial charge in [0.05, 0.1) is 18.4 Å². The van der Waals surface area contributed by atoms with E-state index in [0.717, 1.165) is 17.7 Å². The number of carbonyl (C=O) groups is 1. The molecule has 0 amide bonds. The zero-order chi connectivity index (χ0) is 26.0. The van der Waals surface area contributed by atoms with Gasteiger partial charge in [-0.3, -0.25) is 9.78 Å². The topological polar surface area (TPSA) is 85.6 Å². The molecule has 0 aliphatic carbocycles. The van der Waals surface area contributed by atoms with E-state index in [2.05, 4.69) is 15.3 Å². The van der Waals surface area contributed by atoms with Crippen LogP contribution in [-0.2, 0) is 19.3 Å². The Kier molecular flexibility index (Phi) is 6.39. The summed E-state index contributed by atoms with van der Waals surface area (Å²) in [6.45, 7) is 2.20. The van der Waals surface area contributed by atoms with Crippen LogP contribution < -0.4 is 5.32 Å². The van der Waals surface area contributed by atoms with E-state index in [0.29, 0.717) is 46.0 Å². The van der Waals surface area contributed by atoms with E-state index in [1.165, 1.54) is 19.1 Å². The summed E-state index contributed by atoms with van der Waals surface area (Å²) in [6, 6.07) is 15.8. The van der Waals surface area contributed by atoms with Gasteiger partial charge in [0, 0.05) is 30.1 Å². The van der Waals surface area contributed by atoms with Crippen LogP contribution in [0.5, 0.6) is 0 Å². The number of nitrogens with one attached hydrogen (secondary N) is 1. The predicted molar refractivity (Wildman–Crippen MR) is 133 cm³/mol. The van der Waals surface area contributed by atoms with Crippen molar-refractivity contribution in [2.24, 2.45) is 0 Å². The van der Waals surface area contributed by atoms with Crippen LogP contribution in [0.2, 0.25) is 0 Å². The lowest BCUT2D eigenvalue weighted by molar-refractivity contribution is -0.137. The lowest BCUT2D eigenvalue weighted by atomic mass is 10.1. The Labute approximate surface area is 210 Å². The van der Waals surface area contributed by atoms with Crippen molar-refractivity contribution in [3.63, 3.8) is 0 Å². The second-order valence-electron chi connectivity index (χ2n) is 8.49. The fourth-order valence-corrected chi connectivity index (χ4v) is 3.87. The highest BCUT2D eigenvalue weighted by atomic mass is 19.4. The van der Waals surface area contributed by atoms with Crippen molar-refractivity contribution in [2.75, 3.05) is 5.32 Å². The first-order valence-corrected chi connectivity index (χ1v) is 11.4. The molecule has 1 N–H and O–H groups in total. The molecule has 0 aliphatic heterocycles. The minimum absolute atomic E-state index is 0.0785. The summed E-state index contributed by atoms with van der Waals surface area (Å²) in [5.41, 5.74) is 3.11. The minimum Gasteiger partial charge on any atom is -0.364 e. The van der Waals surface area contributed by atoms with E-state index in [1.54, 1.807) is 41.5 Å². The van der Waals surface area contributed by atoms with Crippen molar-refractivity contribution in [3.05, 3.63) is 102 Å². The number of benzene rings is 2. The molecule has 10 heteroatoms. The molecule has 0 spiro atoms. The first-order valence-electron chi connectivity index (χ1n) is 11.4. The predicted octanol–water partition coefficient (Wildman–Crippen LogP) is 5.77. The second kappa shape index (κ2) is 9.81. The highest BCUT2D eigenvalue weighted by Crippen LogP contribution is 2.30. The number of ketones is 1. The maximum Gasteiger partial charge on any atom is 0.416 e. The number of Topliss-reactive ketones (excluding diaryl/α,β-unsaturated/α-hetero) is 1. The Hall–Kier alpha value is -4.60. The van der Waals surface area contributed by atoms with Crippen LogP contribution >= 0.6 is 0 Å². The number of imidazole rings is 1. The van der Waals surface area contributed by atoms with Gasteiger partial charge in [-0.1, -0.05) is 36.4 Å². The van der Waals surface area contributed by atoms with Gasteiger partial charge in [0.2, 0.25) is 0 Å². The molecule has 3 aromatic heterocycles. The zero-order valence-electron chi connectivity index (χ0n) is 19.7. The van der Waals surface area contributed by atoms with Crippen molar-refractivity contribution in [3.8, 4) is 11.4 Å². The molecule has 5 aromatic rings. The Balaban J connectivity index is 1.55. The standard InChI is InChI=1S/C27H21F3N6O/c1-17(37)20-5-2-6-21(12-20)24-34-25(32-14-19-4-3-11-31-13-19)23-26(35-24)36(16-33-23)15-18-7-9-22(10-8-18)27(28,29)30/h2-13,16H,14-15H2,1H3,(H,32,34,35). The molecule has 0 saturated heterocycles. The van der Waals surface area contributed by atoms with Crippen LogP contribution in [0.3, 0.4) is 0 Å². The van der Waals surface area contributed by atoms with Gasteiger partial charge in [0.1, 0.15) is 5.52 Å². The minimum atomic E-state index is -4.40. The molecule has 0 saturated carbocycles. The summed E-state index contributed by atoms with van der Waals surface area (Å²) in [5.74, 6) is 0.798. The summed E-state index contributed by atoms with van der Waals surface area (Å²) in [4.78, 5) is 30.0. The normalized spacial score (nSPS) is 11.6. The molecule has 0 bridgehead atoms. The number of pyridine rings is 1. The summed E-state index contributed by atoms with van der Waals surface area (Å²) in [6.07, 6.45) is 0.620. The SMILES string of the molecule is CC(=O)c1cccc(-c2nc(NCc3cccnc3)c3ncn(Cc4ccc(C(F)(F)F)cc4)c3n2)c1. The second-order valence-corrected chi connectivity index (χ2v) is 8.49. The zero-order valence-corrected chi connectivity index (χ0v) is 19.7. The van der Waals surface area contributed by atoms with Crippen LogP contribution in [0.1, 0.15) is 34.0 Å². The van der Waals surface area contributed by atoms with Crippen LogP contribution in [0.4, 0.5) is 19.0 Å². The fourth-order valence-electron chi connectivity index (χ4n) is 3.87. The Morgan fingerprint density at radius 3 is 2.51 bits per heavy atom. The highest BCUT2D eigenvalue weighted by Gasteiger charge is 2.30. The summed E-state index contributed by atoms with van der Waals surface area (Å²) >= 11 is 0. The summed E-state index contributed by atoms with van der Waals surface area (Å²) < 4.78 is 40.7. The van der Waals surface area contributed by atoms with Crippen molar-refractivity contribution in [2.45, 2.75) is 26.2 Å². The largest absolute Gasteiger partial charge is 0.416 e. The van der Waals surface area contributed by atoms with Gasteiger partial charge in [-0.25, -0.2) is 15.0 Å². The quantitative estimate of drug-likeness (QED) is 0.285. The number of carbonyl (C=O) groups excluding carboxylic acids is 1. The number of hydrogen-bond acceptors (Lipinski definition) is 6. The van der Waals surface area contributed by atoms with Crippen molar-refractivity contribution < 1.29 is 18.0 Å². The Bertz CT molecular complexity index is 1560. The molecule has 3 heterocycles. The highest BCUT2D eigenvalue weighted by molar-refractivity contribution is 5.95. The van der Waals surface area contributed by atoms with E-state index in [9.17, 15) is 18.0 Å². The van der Waals surface area contributed by atoms with Gasteiger partial charge in [-0.05, 0) is 42.3 Å². The van der Waals surface area contributed by atoms with Gasteiger partial charge in [0.15, 0.2) is 23.1 Å². The van der Waals surface area contributed by atoms with Crippen molar-refractivity contribution >= 4 is 22.8 Å². The molecule has 2 aromatic carbocycles. The van der Waals surface area contributed by atoms with Crippen LogP contribution in [0, 0.1) is 0 Å². The number of nitrogens with zero attached hydrogens (tertiary/aromatic N) is 5. The average molecular weight is 503 g/mol. The third-order valence-corrected chi connectivity index (χ3v) is 5.81. The third kappa shape index (κ3) is 5.32. The van der Waals surface area contributed by atoms with E-state index >= 15 is 0 Å². The number of aromatic nitrogens is 5. The molecule has 0 radical (unpaired) electrons. The van der Waals surface area contributed by atoms with Gasteiger partial charge in [0.25, 0.3) is 0 Å². The first kappa shape index (κ1) is 24.1. The molecule has 7 nitrogen and oxygen atoms in total. The fraction of sp³-hybridized carbons (Fsp3) is 0.148. The molecular weight excluding hydrogens is 481 g/mol. The maximum atomic E-state index is 13.0. The maximum absolute atomic E-state index is 13.0. The molecule has 186 valence electrons. The Morgan fingerprint density at radius 1 is 1.00 bits per heavy atom. The van der Waals surface area contributed by atoms with Gasteiger partial charge in [-0.2, -0.15) is 13.2 Å². The molecule has 5 rings (SSSR count). The van der Waals surface area contributed by atoms with E-state index in [4.69, 9.17) is 9.97 Å². The summed E-state index contributed by atoms with van der Waals surface area (Å²) in [5, 5.41) is 3.29. The molecule has 0 fully saturated rings. The van der Waals surface area contributed by atoms with Crippen LogP contribution in [0.25, 0.3) is 22.6 Å². The van der Waals surface area contributed by atoms with Crippen molar-refractivity contribution in [1.29, 1.82) is 0 Å². The number of fused-ring (bicyclic) bond motifs is 1. The van der Waals surface area contributed by atoms with E-state index in [-0.39, 0.29) is 12.3 Å². The van der Waals surface area contributed by atoms with Gasteiger partial charge >= 0.3 is 6.18 Å². The summed E-state index contributed by atoms with van der Waals surface area (Å²) in [7, 11) is 0. The Morgan fingerprint density at radius 2 is 1.81 bits per heavy atom. The van der Waals surface area contributed by atoms with Crippen molar-refractivity contribution in [1.82, 2.24) is 24.5 Å². The van der Waals surface area contributed by atoms with Gasteiger partial charge < -0.3 is 9.88 Å². The van der Waals surface area contributed by atoms with E-state index in [1.807, 2.05) is 18.2 Å². The average Bonchev–Trinajstić information content (AvgIpc) is 3.30. The number of halogens is 3. The van der Waals surface area contributed by atoms with E-state index < -0.39 is 11.7 Å². The monoisotopic (exact) mass is 502 g/mol. The number of hydrogen-bond donors (Lipinski definition) is 1. The van der Waals surface area contributed by atoms with Gasteiger partial charge in [-0.15, -0.1) is 0 Å². The third-order valence-electron chi connectivity index (χ3n) is 5.81. The molecular formula is C27H21F3N6O. The molecule has 0 unspecified atom stereocenters. The molecule has 0 aliphatic rings. The van der Waals surface area contributed by atoms with Crippen LogP contribution in [0.15, 0.2) is 79.4 Å². The smallest absolute Gasteiger partial charge is 0.364 e. The number of rotatable bonds is 7.